The van der Waals surface area contributed by atoms with E-state index in [9.17, 15) is 4.79 Å². The molecular weight excluding hydrogens is 202 g/mol. The Bertz CT molecular complexity index is 481. The first-order chi connectivity index (χ1) is 7.59. The van der Waals surface area contributed by atoms with Gasteiger partial charge < -0.3 is 4.74 Å². The Morgan fingerprint density at radius 1 is 1.44 bits per heavy atom. The summed E-state index contributed by atoms with van der Waals surface area (Å²) in [6.45, 7) is 4.26. The van der Waals surface area contributed by atoms with Crippen LogP contribution in [0.2, 0.25) is 0 Å². The van der Waals surface area contributed by atoms with E-state index < -0.39 is 5.41 Å². The fourth-order valence-electron chi connectivity index (χ4n) is 1.79. The van der Waals surface area contributed by atoms with Crippen molar-refractivity contribution in [2.24, 2.45) is 5.41 Å². The van der Waals surface area contributed by atoms with Gasteiger partial charge in [-0.15, -0.1) is 0 Å². The molecular formula is C13H13NO2. The number of aryl methyl sites for hydroxylation is 2. The van der Waals surface area contributed by atoms with Gasteiger partial charge in [-0.2, -0.15) is 5.26 Å². The lowest BCUT2D eigenvalue weighted by molar-refractivity contribution is -0.0566. The number of ether oxygens (including phenoxy) is 1. The second-order valence-electron chi connectivity index (χ2n) is 4.33. The Kier molecular flexibility index (Phi) is 2.53. The van der Waals surface area contributed by atoms with Crippen LogP contribution in [0.15, 0.2) is 18.2 Å². The molecule has 1 saturated heterocycles. The molecule has 0 saturated carbocycles. The van der Waals surface area contributed by atoms with Crippen LogP contribution in [-0.2, 0) is 4.74 Å². The number of ketones is 1. The summed E-state index contributed by atoms with van der Waals surface area (Å²) in [4.78, 5) is 12.3. The lowest BCUT2D eigenvalue weighted by atomic mass is 9.78. The van der Waals surface area contributed by atoms with E-state index in [2.05, 4.69) is 6.07 Å². The molecule has 0 radical (unpaired) electrons. The number of carbonyl (C=O) groups excluding carboxylic acids is 1. The number of rotatable bonds is 2. The van der Waals surface area contributed by atoms with Crippen LogP contribution in [0.5, 0.6) is 0 Å². The number of hydrogen-bond acceptors (Lipinski definition) is 3. The average molecular weight is 215 g/mol. The van der Waals surface area contributed by atoms with Gasteiger partial charge in [-0.25, -0.2) is 0 Å². The van der Waals surface area contributed by atoms with Crippen molar-refractivity contribution in [3.8, 4) is 6.07 Å². The van der Waals surface area contributed by atoms with E-state index in [-0.39, 0.29) is 19.0 Å². The molecule has 1 heterocycles. The highest BCUT2D eigenvalue weighted by Gasteiger charge is 2.47. The first-order valence-electron chi connectivity index (χ1n) is 5.20. The number of hydrogen-bond donors (Lipinski definition) is 0. The van der Waals surface area contributed by atoms with Crippen molar-refractivity contribution in [3.63, 3.8) is 0 Å². The van der Waals surface area contributed by atoms with Crippen LogP contribution in [0.4, 0.5) is 0 Å². The topological polar surface area (TPSA) is 50.1 Å². The molecule has 1 aliphatic heterocycles. The fraction of sp³-hybridized carbons (Fsp3) is 0.385. The largest absolute Gasteiger partial charge is 0.377 e. The summed E-state index contributed by atoms with van der Waals surface area (Å²) in [6.07, 6.45) is 0. The summed E-state index contributed by atoms with van der Waals surface area (Å²) < 4.78 is 5.00. The Balaban J connectivity index is 2.41. The van der Waals surface area contributed by atoms with E-state index in [4.69, 9.17) is 10.00 Å². The van der Waals surface area contributed by atoms with Crippen molar-refractivity contribution in [2.75, 3.05) is 13.2 Å². The highest BCUT2D eigenvalue weighted by atomic mass is 16.5. The third-order valence-electron chi connectivity index (χ3n) is 2.98. The highest BCUT2D eigenvalue weighted by molar-refractivity contribution is 6.04. The second-order valence-corrected chi connectivity index (χ2v) is 4.33. The maximum atomic E-state index is 12.3. The van der Waals surface area contributed by atoms with E-state index in [1.165, 1.54) is 0 Å². The van der Waals surface area contributed by atoms with Gasteiger partial charge in [-0.3, -0.25) is 4.79 Å². The van der Waals surface area contributed by atoms with Gasteiger partial charge in [0.15, 0.2) is 11.2 Å². The quantitative estimate of drug-likeness (QED) is 0.709. The third kappa shape index (κ3) is 1.52. The van der Waals surface area contributed by atoms with Crippen LogP contribution in [0.1, 0.15) is 21.5 Å². The van der Waals surface area contributed by atoms with Crippen LogP contribution in [-0.4, -0.2) is 19.0 Å². The first-order valence-corrected chi connectivity index (χ1v) is 5.20. The summed E-state index contributed by atoms with van der Waals surface area (Å²) in [5.74, 6) is -0.109. The monoisotopic (exact) mass is 215 g/mol. The minimum absolute atomic E-state index is 0.109. The summed E-state index contributed by atoms with van der Waals surface area (Å²) in [5.41, 5.74) is 1.64. The van der Waals surface area contributed by atoms with Gasteiger partial charge in [0.05, 0.1) is 19.3 Å². The molecule has 0 aliphatic carbocycles. The van der Waals surface area contributed by atoms with Crippen LogP contribution in [0, 0.1) is 30.6 Å². The Hall–Kier alpha value is -1.66. The molecule has 2 rings (SSSR count). The Morgan fingerprint density at radius 3 is 2.62 bits per heavy atom. The molecule has 0 amide bonds. The molecule has 0 spiro atoms. The minimum atomic E-state index is -0.946. The normalized spacial score (nSPS) is 17.3. The van der Waals surface area contributed by atoms with E-state index >= 15 is 0 Å². The zero-order chi connectivity index (χ0) is 11.8. The van der Waals surface area contributed by atoms with Crippen LogP contribution in [0.3, 0.4) is 0 Å². The van der Waals surface area contributed by atoms with Gasteiger partial charge >= 0.3 is 0 Å². The molecule has 1 fully saturated rings. The smallest absolute Gasteiger partial charge is 0.188 e. The molecule has 0 aromatic heterocycles. The van der Waals surface area contributed by atoms with Gasteiger partial charge in [0.2, 0.25) is 0 Å². The van der Waals surface area contributed by atoms with Crippen molar-refractivity contribution in [1.29, 1.82) is 5.26 Å². The maximum Gasteiger partial charge on any atom is 0.188 e. The van der Waals surface area contributed by atoms with Crippen molar-refractivity contribution in [1.82, 2.24) is 0 Å². The minimum Gasteiger partial charge on any atom is -0.377 e. The number of benzene rings is 1. The second kappa shape index (κ2) is 3.73. The lowest BCUT2D eigenvalue weighted by Gasteiger charge is -2.33. The standard InChI is InChI=1S/C13H13NO2/c1-9-3-4-10(2)11(5-9)12(15)13(6-14)7-16-8-13/h3-5H,7-8H2,1-2H3. The van der Waals surface area contributed by atoms with Crippen molar-refractivity contribution in [3.05, 3.63) is 34.9 Å². The van der Waals surface area contributed by atoms with Crippen molar-refractivity contribution in [2.45, 2.75) is 13.8 Å². The van der Waals surface area contributed by atoms with E-state index in [0.29, 0.717) is 5.56 Å². The molecule has 16 heavy (non-hydrogen) atoms. The van der Waals surface area contributed by atoms with Crippen molar-refractivity contribution < 1.29 is 9.53 Å². The van der Waals surface area contributed by atoms with E-state index in [0.717, 1.165) is 11.1 Å². The van der Waals surface area contributed by atoms with Crippen molar-refractivity contribution >= 4 is 5.78 Å². The molecule has 82 valence electrons. The zero-order valence-corrected chi connectivity index (χ0v) is 9.41. The van der Waals surface area contributed by atoms with Gasteiger partial charge in [-0.05, 0) is 25.5 Å². The highest BCUT2D eigenvalue weighted by Crippen LogP contribution is 2.32. The predicted octanol–water partition coefficient (Wildman–Crippen LogP) is 2.03. The number of Topliss-reactive ketones (excluding diaryl/α,β-unsaturated/α-hetero) is 1. The molecule has 0 bridgehead atoms. The van der Waals surface area contributed by atoms with Gasteiger partial charge in [-0.1, -0.05) is 17.7 Å². The third-order valence-corrected chi connectivity index (χ3v) is 2.98. The Morgan fingerprint density at radius 2 is 2.12 bits per heavy atom. The summed E-state index contributed by atoms with van der Waals surface area (Å²) >= 11 is 0. The van der Waals surface area contributed by atoms with Gasteiger partial charge in [0.1, 0.15) is 0 Å². The average Bonchev–Trinajstić information content (AvgIpc) is 2.21. The number of nitrogens with zero attached hydrogens (tertiary/aromatic N) is 1. The van der Waals surface area contributed by atoms with Gasteiger partial charge in [0, 0.05) is 5.56 Å². The van der Waals surface area contributed by atoms with E-state index in [1.54, 1.807) is 0 Å². The molecule has 0 unspecified atom stereocenters. The van der Waals surface area contributed by atoms with Crippen LogP contribution < -0.4 is 0 Å². The van der Waals surface area contributed by atoms with Crippen LogP contribution in [0.25, 0.3) is 0 Å². The predicted molar refractivity (Wildman–Crippen MR) is 59.1 cm³/mol. The zero-order valence-electron chi connectivity index (χ0n) is 9.41. The summed E-state index contributed by atoms with van der Waals surface area (Å²) in [6, 6.07) is 7.80. The molecule has 1 aromatic carbocycles. The molecule has 1 aliphatic rings. The Labute approximate surface area is 94.6 Å². The maximum absolute atomic E-state index is 12.3. The summed E-state index contributed by atoms with van der Waals surface area (Å²) in [5, 5.41) is 9.08. The SMILES string of the molecule is Cc1ccc(C)c(C(=O)C2(C#N)COC2)c1. The van der Waals surface area contributed by atoms with Gasteiger partial charge in [0.25, 0.3) is 0 Å². The molecule has 3 nitrogen and oxygen atoms in total. The van der Waals surface area contributed by atoms with Crippen LogP contribution >= 0.6 is 0 Å². The molecule has 1 aromatic rings. The summed E-state index contributed by atoms with van der Waals surface area (Å²) in [7, 11) is 0. The molecule has 0 atom stereocenters. The lowest BCUT2D eigenvalue weighted by Crippen LogP contribution is -2.48. The van der Waals surface area contributed by atoms with E-state index in [1.807, 2.05) is 32.0 Å². The molecule has 3 heteroatoms. The number of carbonyl (C=O) groups is 1. The fourth-order valence-corrected chi connectivity index (χ4v) is 1.79. The number of nitriles is 1. The first kappa shape index (κ1) is 10.8. The molecule has 0 N–H and O–H groups in total.